The van der Waals surface area contributed by atoms with Crippen LogP contribution in [0.3, 0.4) is 0 Å². The monoisotopic (exact) mass is 298 g/mol. The van der Waals surface area contributed by atoms with Crippen molar-refractivity contribution in [1.82, 2.24) is 15.1 Å². The second-order valence-corrected chi connectivity index (χ2v) is 5.34. The van der Waals surface area contributed by atoms with Gasteiger partial charge in [0.15, 0.2) is 5.82 Å². The van der Waals surface area contributed by atoms with Crippen molar-refractivity contribution in [2.75, 3.05) is 18.9 Å². The molecular formula is C13H22N4O4. The summed E-state index contributed by atoms with van der Waals surface area (Å²) in [5.74, 6) is -0.410. The van der Waals surface area contributed by atoms with Crippen molar-refractivity contribution in [3.05, 3.63) is 11.8 Å². The summed E-state index contributed by atoms with van der Waals surface area (Å²) in [5.41, 5.74) is 5.31. The maximum absolute atomic E-state index is 11.6. The number of esters is 1. The Morgan fingerprint density at radius 3 is 2.67 bits per heavy atom. The minimum atomic E-state index is -0.544. The van der Waals surface area contributed by atoms with Crippen molar-refractivity contribution in [2.24, 2.45) is 0 Å². The molecule has 8 nitrogen and oxygen atoms in total. The first-order valence-corrected chi connectivity index (χ1v) is 6.70. The van der Waals surface area contributed by atoms with E-state index in [0.29, 0.717) is 13.1 Å². The van der Waals surface area contributed by atoms with E-state index < -0.39 is 17.7 Å². The van der Waals surface area contributed by atoms with Gasteiger partial charge in [0.05, 0.1) is 13.2 Å². The highest BCUT2D eigenvalue weighted by atomic mass is 16.6. The van der Waals surface area contributed by atoms with Crippen LogP contribution in [-0.2, 0) is 16.0 Å². The van der Waals surface area contributed by atoms with Gasteiger partial charge < -0.3 is 20.5 Å². The summed E-state index contributed by atoms with van der Waals surface area (Å²) < 4.78 is 11.4. The van der Waals surface area contributed by atoms with Gasteiger partial charge in [-0.05, 0) is 27.7 Å². The number of nitrogens with two attached hydrogens (primary N) is 1. The molecule has 1 aromatic heterocycles. The maximum atomic E-state index is 11.6. The predicted octanol–water partition coefficient (Wildman–Crippen LogP) is 1.17. The predicted molar refractivity (Wildman–Crippen MR) is 76.8 cm³/mol. The van der Waals surface area contributed by atoms with Crippen molar-refractivity contribution in [1.29, 1.82) is 0 Å². The van der Waals surface area contributed by atoms with E-state index in [1.807, 2.05) is 0 Å². The molecule has 3 N–H and O–H groups in total. The summed E-state index contributed by atoms with van der Waals surface area (Å²) in [6, 6.07) is 0. The number of amides is 1. The Bertz CT molecular complexity index is 505. The van der Waals surface area contributed by atoms with Crippen LogP contribution in [0, 0.1) is 0 Å². The zero-order valence-corrected chi connectivity index (χ0v) is 12.8. The van der Waals surface area contributed by atoms with Gasteiger partial charge in [-0.25, -0.2) is 9.59 Å². The van der Waals surface area contributed by atoms with Crippen LogP contribution in [0.1, 0.15) is 38.1 Å². The number of carbonyl (C=O) groups is 2. The third kappa shape index (κ3) is 5.72. The molecule has 0 bridgehead atoms. The molecule has 0 spiro atoms. The number of rotatable bonds is 5. The van der Waals surface area contributed by atoms with Gasteiger partial charge in [-0.15, -0.1) is 0 Å². The molecule has 1 heterocycles. The Hall–Kier alpha value is -2.25. The molecule has 0 aromatic carbocycles. The Balaban J connectivity index is 2.48. The second kappa shape index (κ2) is 6.96. The van der Waals surface area contributed by atoms with E-state index in [0.717, 1.165) is 0 Å². The molecule has 0 atom stereocenters. The van der Waals surface area contributed by atoms with Crippen LogP contribution in [0.5, 0.6) is 0 Å². The lowest BCUT2D eigenvalue weighted by Gasteiger charge is -2.19. The van der Waals surface area contributed by atoms with E-state index in [9.17, 15) is 9.59 Å². The number of hydrogen-bond acceptors (Lipinski definition) is 6. The Kier molecular flexibility index (Phi) is 5.57. The molecule has 21 heavy (non-hydrogen) atoms. The van der Waals surface area contributed by atoms with Gasteiger partial charge in [0.2, 0.25) is 0 Å². The molecular weight excluding hydrogens is 276 g/mol. The van der Waals surface area contributed by atoms with E-state index in [1.165, 1.54) is 10.9 Å². The summed E-state index contributed by atoms with van der Waals surface area (Å²) in [6.45, 7) is 8.00. The summed E-state index contributed by atoms with van der Waals surface area (Å²) in [6.07, 6.45) is 0.984. The number of alkyl carbamates (subject to hydrolysis) is 1. The second-order valence-electron chi connectivity index (χ2n) is 5.34. The molecule has 1 rings (SSSR count). The van der Waals surface area contributed by atoms with Crippen LogP contribution in [-0.4, -0.2) is 40.6 Å². The van der Waals surface area contributed by atoms with E-state index in [4.69, 9.17) is 15.2 Å². The third-order valence-electron chi connectivity index (χ3n) is 2.29. The summed E-state index contributed by atoms with van der Waals surface area (Å²) in [5, 5.41) is 6.58. The number of hydrogen-bond donors (Lipinski definition) is 2. The van der Waals surface area contributed by atoms with Crippen molar-refractivity contribution in [3.8, 4) is 0 Å². The highest BCUT2D eigenvalue weighted by molar-refractivity contribution is 5.93. The quantitative estimate of drug-likeness (QED) is 0.790. The number of nitrogens with zero attached hydrogens (tertiary/aromatic N) is 2. The van der Waals surface area contributed by atoms with Gasteiger partial charge in [0.1, 0.15) is 11.2 Å². The fourth-order valence-corrected chi connectivity index (χ4v) is 1.50. The summed E-state index contributed by atoms with van der Waals surface area (Å²) >= 11 is 0. The molecule has 0 aliphatic heterocycles. The molecule has 0 saturated heterocycles. The number of aromatic nitrogens is 2. The van der Waals surface area contributed by atoms with Gasteiger partial charge in [-0.2, -0.15) is 5.10 Å². The molecule has 1 aromatic rings. The molecule has 0 saturated carbocycles. The number of carbonyl (C=O) groups excluding carboxylic acids is 2. The SMILES string of the molecule is CCOC(=O)c1cn(CCNC(=O)OC(C)(C)C)nc1N. The standard InChI is InChI=1S/C13H22N4O4/c1-5-20-11(18)9-8-17(16-10(9)14)7-6-15-12(19)21-13(2,3)4/h8H,5-7H2,1-4H3,(H2,14,16)(H,15,19). The van der Waals surface area contributed by atoms with Crippen LogP contribution in [0.2, 0.25) is 0 Å². The fraction of sp³-hybridized carbons (Fsp3) is 0.615. The average Bonchev–Trinajstić information content (AvgIpc) is 2.68. The lowest BCUT2D eigenvalue weighted by molar-refractivity contribution is 0.0514. The van der Waals surface area contributed by atoms with Crippen LogP contribution in [0.15, 0.2) is 6.20 Å². The molecule has 0 radical (unpaired) electrons. The van der Waals surface area contributed by atoms with Gasteiger partial charge >= 0.3 is 12.1 Å². The number of anilines is 1. The van der Waals surface area contributed by atoms with Crippen LogP contribution < -0.4 is 11.1 Å². The average molecular weight is 298 g/mol. The van der Waals surface area contributed by atoms with E-state index in [-0.39, 0.29) is 18.0 Å². The normalized spacial score (nSPS) is 11.0. The van der Waals surface area contributed by atoms with Crippen LogP contribution in [0.4, 0.5) is 10.6 Å². The van der Waals surface area contributed by atoms with Crippen molar-refractivity contribution >= 4 is 17.9 Å². The first-order chi connectivity index (χ1) is 9.73. The number of nitrogens with one attached hydrogen (secondary N) is 1. The minimum absolute atomic E-state index is 0.103. The first kappa shape index (κ1) is 16.8. The minimum Gasteiger partial charge on any atom is -0.462 e. The lowest BCUT2D eigenvalue weighted by atomic mass is 10.2. The molecule has 8 heteroatoms. The van der Waals surface area contributed by atoms with Crippen molar-refractivity contribution in [3.63, 3.8) is 0 Å². The van der Waals surface area contributed by atoms with Crippen molar-refractivity contribution in [2.45, 2.75) is 39.8 Å². The van der Waals surface area contributed by atoms with Gasteiger partial charge in [-0.3, -0.25) is 4.68 Å². The molecule has 0 aliphatic carbocycles. The largest absolute Gasteiger partial charge is 0.462 e. The Morgan fingerprint density at radius 2 is 2.10 bits per heavy atom. The molecule has 1 amide bonds. The summed E-state index contributed by atoms with van der Waals surface area (Å²) in [7, 11) is 0. The van der Waals surface area contributed by atoms with Crippen LogP contribution >= 0.6 is 0 Å². The molecule has 0 unspecified atom stereocenters. The van der Waals surface area contributed by atoms with Gasteiger partial charge in [0.25, 0.3) is 0 Å². The molecule has 118 valence electrons. The Morgan fingerprint density at radius 1 is 1.43 bits per heavy atom. The Labute approximate surface area is 123 Å². The topological polar surface area (TPSA) is 108 Å². The smallest absolute Gasteiger partial charge is 0.407 e. The fourth-order valence-electron chi connectivity index (χ4n) is 1.50. The summed E-state index contributed by atoms with van der Waals surface area (Å²) in [4.78, 5) is 23.0. The first-order valence-electron chi connectivity index (χ1n) is 6.70. The van der Waals surface area contributed by atoms with E-state index in [2.05, 4.69) is 10.4 Å². The van der Waals surface area contributed by atoms with Gasteiger partial charge in [0, 0.05) is 12.7 Å². The van der Waals surface area contributed by atoms with E-state index >= 15 is 0 Å². The highest BCUT2D eigenvalue weighted by Gasteiger charge is 2.17. The molecule has 0 aliphatic rings. The van der Waals surface area contributed by atoms with Crippen LogP contribution in [0.25, 0.3) is 0 Å². The highest BCUT2D eigenvalue weighted by Crippen LogP contribution is 2.10. The maximum Gasteiger partial charge on any atom is 0.407 e. The lowest BCUT2D eigenvalue weighted by Crippen LogP contribution is -2.34. The third-order valence-corrected chi connectivity index (χ3v) is 2.29. The molecule has 0 fully saturated rings. The van der Waals surface area contributed by atoms with E-state index in [1.54, 1.807) is 27.7 Å². The number of nitrogen functional groups attached to an aromatic ring is 1. The number of ether oxygens (including phenoxy) is 2. The van der Waals surface area contributed by atoms with Crippen molar-refractivity contribution < 1.29 is 19.1 Å². The van der Waals surface area contributed by atoms with Gasteiger partial charge in [-0.1, -0.05) is 0 Å². The zero-order valence-electron chi connectivity index (χ0n) is 12.8. The zero-order chi connectivity index (χ0) is 16.0.